The van der Waals surface area contributed by atoms with Crippen molar-refractivity contribution in [3.8, 4) is 0 Å². The second-order valence-corrected chi connectivity index (χ2v) is 6.13. The number of para-hydroxylation sites is 1. The van der Waals surface area contributed by atoms with Crippen LogP contribution in [0.25, 0.3) is 5.70 Å². The van der Waals surface area contributed by atoms with Gasteiger partial charge in [0.05, 0.1) is 17.3 Å². The first kappa shape index (κ1) is 14.4. The summed E-state index contributed by atoms with van der Waals surface area (Å²) in [4.78, 5) is 14.4. The van der Waals surface area contributed by atoms with Crippen LogP contribution < -0.4 is 10.6 Å². The maximum absolute atomic E-state index is 12.4. The van der Waals surface area contributed by atoms with Crippen LogP contribution in [-0.4, -0.2) is 24.7 Å². The highest BCUT2D eigenvalue weighted by molar-refractivity contribution is 6.02. The van der Waals surface area contributed by atoms with Crippen LogP contribution in [0.2, 0.25) is 0 Å². The van der Waals surface area contributed by atoms with E-state index in [-0.39, 0.29) is 12.0 Å². The quantitative estimate of drug-likeness (QED) is 0.800. The van der Waals surface area contributed by atoms with E-state index in [1.807, 2.05) is 63.9 Å². The van der Waals surface area contributed by atoms with E-state index in [0.717, 1.165) is 11.3 Å². The highest BCUT2D eigenvalue weighted by atomic mass is 16.6. The van der Waals surface area contributed by atoms with E-state index < -0.39 is 5.60 Å². The van der Waals surface area contributed by atoms with E-state index in [4.69, 9.17) is 10.5 Å². The van der Waals surface area contributed by atoms with Gasteiger partial charge in [-0.15, -0.1) is 0 Å². The molecule has 1 heterocycles. The van der Waals surface area contributed by atoms with Crippen molar-refractivity contribution in [2.24, 2.45) is 5.73 Å². The monoisotopic (exact) mass is 274 g/mol. The lowest BCUT2D eigenvalue weighted by atomic mass is 9.93. The Bertz CT molecular complexity index is 570. The van der Waals surface area contributed by atoms with Gasteiger partial charge < -0.3 is 15.4 Å². The molecule has 20 heavy (non-hydrogen) atoms. The summed E-state index contributed by atoms with van der Waals surface area (Å²) in [6, 6.07) is 7.71. The third kappa shape index (κ3) is 2.50. The predicted octanol–water partition coefficient (Wildman–Crippen LogP) is 2.54. The maximum Gasteiger partial charge on any atom is 0.338 e. The standard InChI is InChI=1S/C16H22N2O2/c1-10-13(15(19)20-16(2,3)4)14(17)11-8-6-7-9-12(11)18(10)5/h6-10H,17H2,1-5H3. The molecule has 0 fully saturated rings. The average molecular weight is 274 g/mol. The summed E-state index contributed by atoms with van der Waals surface area (Å²) in [6.45, 7) is 7.52. The number of fused-ring (bicyclic) bond motifs is 1. The third-order valence-electron chi connectivity index (χ3n) is 3.48. The molecular formula is C16H22N2O2. The number of carbonyl (C=O) groups excluding carboxylic acids is 1. The van der Waals surface area contributed by atoms with Gasteiger partial charge in [-0.3, -0.25) is 0 Å². The van der Waals surface area contributed by atoms with E-state index in [2.05, 4.69) is 0 Å². The fourth-order valence-corrected chi connectivity index (χ4v) is 2.39. The Hall–Kier alpha value is -1.97. The van der Waals surface area contributed by atoms with Crippen LogP contribution >= 0.6 is 0 Å². The molecule has 0 bridgehead atoms. The Morgan fingerprint density at radius 2 is 1.90 bits per heavy atom. The average Bonchev–Trinajstić information content (AvgIpc) is 2.34. The summed E-state index contributed by atoms with van der Waals surface area (Å²) in [5, 5.41) is 0. The fourth-order valence-electron chi connectivity index (χ4n) is 2.39. The van der Waals surface area contributed by atoms with Gasteiger partial charge in [-0.25, -0.2) is 4.79 Å². The number of hydrogen-bond acceptors (Lipinski definition) is 4. The number of nitrogens with zero attached hydrogens (tertiary/aromatic N) is 1. The van der Waals surface area contributed by atoms with Crippen LogP contribution in [0.1, 0.15) is 33.3 Å². The molecular weight excluding hydrogens is 252 g/mol. The number of nitrogens with two attached hydrogens (primary N) is 1. The van der Waals surface area contributed by atoms with Gasteiger partial charge in [0.15, 0.2) is 0 Å². The van der Waals surface area contributed by atoms with Gasteiger partial charge in [0.2, 0.25) is 0 Å². The van der Waals surface area contributed by atoms with Gasteiger partial charge in [-0.05, 0) is 33.8 Å². The third-order valence-corrected chi connectivity index (χ3v) is 3.48. The van der Waals surface area contributed by atoms with Gasteiger partial charge in [0.25, 0.3) is 0 Å². The van der Waals surface area contributed by atoms with Gasteiger partial charge in [-0.1, -0.05) is 18.2 Å². The highest BCUT2D eigenvalue weighted by Crippen LogP contribution is 2.35. The van der Waals surface area contributed by atoms with Crippen molar-refractivity contribution in [1.29, 1.82) is 0 Å². The number of rotatable bonds is 1. The van der Waals surface area contributed by atoms with Crippen LogP contribution in [0.5, 0.6) is 0 Å². The van der Waals surface area contributed by atoms with E-state index >= 15 is 0 Å². The summed E-state index contributed by atoms with van der Waals surface area (Å²) < 4.78 is 5.48. The summed E-state index contributed by atoms with van der Waals surface area (Å²) in [7, 11) is 1.96. The number of ether oxygens (including phenoxy) is 1. The van der Waals surface area contributed by atoms with Crippen molar-refractivity contribution < 1.29 is 9.53 Å². The summed E-state index contributed by atoms with van der Waals surface area (Å²) in [6.07, 6.45) is 0. The van der Waals surface area contributed by atoms with Crippen molar-refractivity contribution in [2.75, 3.05) is 11.9 Å². The zero-order valence-corrected chi connectivity index (χ0v) is 12.7. The van der Waals surface area contributed by atoms with Gasteiger partial charge in [0.1, 0.15) is 5.60 Å². The Morgan fingerprint density at radius 1 is 1.30 bits per heavy atom. The van der Waals surface area contributed by atoms with E-state index in [1.54, 1.807) is 0 Å². The minimum Gasteiger partial charge on any atom is -0.456 e. The number of hydrogen-bond donors (Lipinski definition) is 1. The molecule has 108 valence electrons. The van der Waals surface area contributed by atoms with Gasteiger partial charge >= 0.3 is 5.97 Å². The molecule has 0 aromatic heterocycles. The molecule has 0 amide bonds. The van der Waals surface area contributed by atoms with Crippen LogP contribution in [0.4, 0.5) is 5.69 Å². The molecule has 1 aromatic carbocycles. The first-order chi connectivity index (χ1) is 9.22. The topological polar surface area (TPSA) is 55.6 Å². The fraction of sp³-hybridized carbons (Fsp3) is 0.438. The molecule has 1 atom stereocenters. The normalized spacial score (nSPS) is 18.9. The van der Waals surface area contributed by atoms with Crippen LogP contribution in [0, 0.1) is 0 Å². The number of anilines is 1. The number of likely N-dealkylation sites (N-methyl/N-ethyl adjacent to an activating group) is 1. The number of carbonyl (C=O) groups is 1. The van der Waals surface area contributed by atoms with Crippen LogP contribution in [0.3, 0.4) is 0 Å². The minimum atomic E-state index is -0.528. The molecule has 4 heteroatoms. The molecule has 0 aliphatic carbocycles. The first-order valence-corrected chi connectivity index (χ1v) is 6.77. The molecule has 2 N–H and O–H groups in total. The number of esters is 1. The summed E-state index contributed by atoms with van der Waals surface area (Å²) >= 11 is 0. The Kier molecular flexibility index (Phi) is 3.50. The first-order valence-electron chi connectivity index (χ1n) is 6.77. The van der Waals surface area contributed by atoms with E-state index in [1.165, 1.54) is 0 Å². The number of benzene rings is 1. The van der Waals surface area contributed by atoms with Crippen LogP contribution in [0.15, 0.2) is 29.8 Å². The largest absolute Gasteiger partial charge is 0.456 e. The summed E-state index contributed by atoms with van der Waals surface area (Å²) in [5.74, 6) is -0.344. The molecule has 1 unspecified atom stereocenters. The Labute approximate surface area is 120 Å². The minimum absolute atomic E-state index is 0.111. The van der Waals surface area contributed by atoms with Crippen molar-refractivity contribution >= 4 is 17.4 Å². The van der Waals surface area contributed by atoms with E-state index in [0.29, 0.717) is 11.3 Å². The lowest BCUT2D eigenvalue weighted by molar-refractivity contribution is -0.150. The Balaban J connectivity index is 2.49. The molecule has 0 saturated carbocycles. The molecule has 1 aliphatic rings. The van der Waals surface area contributed by atoms with Gasteiger partial charge in [0, 0.05) is 18.3 Å². The van der Waals surface area contributed by atoms with Crippen molar-refractivity contribution in [3.05, 3.63) is 35.4 Å². The Morgan fingerprint density at radius 3 is 2.50 bits per heavy atom. The van der Waals surface area contributed by atoms with Gasteiger partial charge in [-0.2, -0.15) is 0 Å². The molecule has 4 nitrogen and oxygen atoms in total. The second kappa shape index (κ2) is 4.85. The maximum atomic E-state index is 12.4. The van der Waals surface area contributed by atoms with Crippen molar-refractivity contribution in [1.82, 2.24) is 0 Å². The van der Waals surface area contributed by atoms with Crippen molar-refractivity contribution in [3.63, 3.8) is 0 Å². The zero-order valence-electron chi connectivity index (χ0n) is 12.7. The van der Waals surface area contributed by atoms with E-state index in [9.17, 15) is 4.79 Å². The smallest absolute Gasteiger partial charge is 0.338 e. The van der Waals surface area contributed by atoms with Crippen molar-refractivity contribution in [2.45, 2.75) is 39.3 Å². The highest BCUT2D eigenvalue weighted by Gasteiger charge is 2.33. The summed E-state index contributed by atoms with van der Waals surface area (Å²) in [5.41, 5.74) is 8.65. The molecule has 2 rings (SSSR count). The molecule has 1 aliphatic heterocycles. The lowest BCUT2D eigenvalue weighted by Gasteiger charge is -2.36. The zero-order chi connectivity index (χ0) is 15.1. The molecule has 0 radical (unpaired) electrons. The SMILES string of the molecule is CC1C(C(=O)OC(C)(C)C)=C(N)c2ccccc2N1C. The molecule has 1 aromatic rings. The van der Waals surface area contributed by atoms with Crippen LogP contribution in [-0.2, 0) is 9.53 Å². The molecule has 0 saturated heterocycles. The second-order valence-electron chi connectivity index (χ2n) is 6.13. The lowest BCUT2D eigenvalue weighted by Crippen LogP contribution is -2.40. The molecule has 0 spiro atoms. The predicted molar refractivity (Wildman–Crippen MR) is 81.3 cm³/mol.